The molecule has 106 valence electrons. The first-order valence-corrected chi connectivity index (χ1v) is 7.68. The molecule has 0 heterocycles. The maximum atomic E-state index is 13.3. The first-order valence-electron chi connectivity index (χ1n) is 7.68. The monoisotopic (exact) mass is 259 g/mol. The van der Waals surface area contributed by atoms with Crippen LogP contribution in [0.3, 0.4) is 0 Å². The van der Waals surface area contributed by atoms with Crippen LogP contribution in [0.25, 0.3) is 0 Å². The van der Waals surface area contributed by atoms with Gasteiger partial charge in [-0.15, -0.1) is 0 Å². The van der Waals surface area contributed by atoms with Gasteiger partial charge in [0, 0.05) is 18.9 Å². The molecule has 2 aliphatic carbocycles. The smallest absolute Gasteiger partial charge is 0.248 e. The largest absolute Gasteiger partial charge is 0.314 e. The van der Waals surface area contributed by atoms with Gasteiger partial charge in [-0.3, -0.25) is 0 Å². The molecule has 2 fully saturated rings. The lowest BCUT2D eigenvalue weighted by Crippen LogP contribution is -2.40. The summed E-state index contributed by atoms with van der Waals surface area (Å²) in [4.78, 5) is 0. The van der Waals surface area contributed by atoms with Crippen LogP contribution in [0.1, 0.15) is 64.7 Å². The average molecular weight is 259 g/mol. The molecule has 0 saturated heterocycles. The molecule has 0 amide bonds. The summed E-state index contributed by atoms with van der Waals surface area (Å²) < 4.78 is 26.6. The van der Waals surface area contributed by atoms with Gasteiger partial charge in [-0.05, 0) is 51.0 Å². The Hall–Kier alpha value is -0.180. The van der Waals surface area contributed by atoms with E-state index in [-0.39, 0.29) is 18.8 Å². The minimum Gasteiger partial charge on any atom is -0.314 e. The van der Waals surface area contributed by atoms with Crippen molar-refractivity contribution in [2.45, 2.75) is 76.7 Å². The van der Waals surface area contributed by atoms with Crippen molar-refractivity contribution in [2.75, 3.05) is 6.54 Å². The third-order valence-electron chi connectivity index (χ3n) is 4.83. The summed E-state index contributed by atoms with van der Waals surface area (Å²) in [7, 11) is 0. The van der Waals surface area contributed by atoms with E-state index in [1.807, 2.05) is 0 Å². The second-order valence-electron chi connectivity index (χ2n) is 6.41. The molecule has 0 aromatic rings. The van der Waals surface area contributed by atoms with Crippen molar-refractivity contribution in [3.05, 3.63) is 0 Å². The van der Waals surface area contributed by atoms with Gasteiger partial charge in [0.1, 0.15) is 0 Å². The molecule has 1 N–H and O–H groups in total. The van der Waals surface area contributed by atoms with E-state index in [1.54, 1.807) is 0 Å². The minimum absolute atomic E-state index is 0.0946. The molecule has 1 unspecified atom stereocenters. The molecule has 0 aromatic heterocycles. The Bertz CT molecular complexity index is 249. The van der Waals surface area contributed by atoms with Crippen molar-refractivity contribution in [3.63, 3.8) is 0 Å². The standard InChI is InChI=1S/C15H27F2N/c1-12(14-7-3-2-4-8-14)18-11-13-6-5-9-15(16,17)10-13/h12-14,18H,2-11H2,1H3/t12-,13?/m1/s1. The van der Waals surface area contributed by atoms with Crippen LogP contribution >= 0.6 is 0 Å². The van der Waals surface area contributed by atoms with E-state index in [0.717, 1.165) is 18.9 Å². The zero-order valence-corrected chi connectivity index (χ0v) is 11.6. The predicted octanol–water partition coefficient (Wildman–Crippen LogP) is 4.37. The van der Waals surface area contributed by atoms with E-state index >= 15 is 0 Å². The Morgan fingerprint density at radius 1 is 1.11 bits per heavy atom. The van der Waals surface area contributed by atoms with Crippen molar-refractivity contribution < 1.29 is 8.78 Å². The molecule has 2 atom stereocenters. The third-order valence-corrected chi connectivity index (χ3v) is 4.83. The highest BCUT2D eigenvalue weighted by Crippen LogP contribution is 2.36. The zero-order valence-electron chi connectivity index (χ0n) is 11.6. The summed E-state index contributed by atoms with van der Waals surface area (Å²) in [6, 6.07) is 0.501. The highest BCUT2D eigenvalue weighted by atomic mass is 19.3. The number of nitrogens with one attached hydrogen (secondary N) is 1. The molecule has 2 rings (SSSR count). The Morgan fingerprint density at radius 3 is 2.50 bits per heavy atom. The number of rotatable bonds is 4. The van der Waals surface area contributed by atoms with E-state index in [2.05, 4.69) is 12.2 Å². The van der Waals surface area contributed by atoms with Gasteiger partial charge < -0.3 is 5.32 Å². The molecule has 1 nitrogen and oxygen atoms in total. The summed E-state index contributed by atoms with van der Waals surface area (Å²) in [5, 5.41) is 3.53. The van der Waals surface area contributed by atoms with Crippen molar-refractivity contribution in [3.8, 4) is 0 Å². The van der Waals surface area contributed by atoms with Gasteiger partial charge in [-0.2, -0.15) is 0 Å². The quantitative estimate of drug-likeness (QED) is 0.790. The normalized spacial score (nSPS) is 31.2. The molecule has 0 aromatic carbocycles. The first kappa shape index (κ1) is 14.2. The average Bonchev–Trinajstić information content (AvgIpc) is 2.36. The Kier molecular flexibility index (Phi) is 4.99. The fourth-order valence-electron chi connectivity index (χ4n) is 3.60. The van der Waals surface area contributed by atoms with Gasteiger partial charge >= 0.3 is 0 Å². The van der Waals surface area contributed by atoms with Crippen LogP contribution in [0.2, 0.25) is 0 Å². The highest BCUT2D eigenvalue weighted by molar-refractivity contribution is 4.82. The molecule has 2 aliphatic rings. The van der Waals surface area contributed by atoms with E-state index in [0.29, 0.717) is 12.5 Å². The Morgan fingerprint density at radius 2 is 1.83 bits per heavy atom. The summed E-state index contributed by atoms with van der Waals surface area (Å²) in [5.74, 6) is -1.46. The number of alkyl halides is 2. The zero-order chi connectivity index (χ0) is 13.0. The highest BCUT2D eigenvalue weighted by Gasteiger charge is 2.36. The maximum absolute atomic E-state index is 13.3. The predicted molar refractivity (Wildman–Crippen MR) is 70.9 cm³/mol. The minimum atomic E-state index is -2.40. The Labute approximate surface area is 110 Å². The lowest BCUT2D eigenvalue weighted by Gasteiger charge is -2.32. The maximum Gasteiger partial charge on any atom is 0.248 e. The Balaban J connectivity index is 1.70. The topological polar surface area (TPSA) is 12.0 Å². The van der Waals surface area contributed by atoms with Crippen molar-refractivity contribution in [1.29, 1.82) is 0 Å². The number of hydrogen-bond donors (Lipinski definition) is 1. The SMILES string of the molecule is C[C@@H](NCC1CCCC(F)(F)C1)C1CCCCC1. The lowest BCUT2D eigenvalue weighted by atomic mass is 9.83. The van der Waals surface area contributed by atoms with E-state index in [9.17, 15) is 8.78 Å². The van der Waals surface area contributed by atoms with E-state index in [1.165, 1.54) is 32.1 Å². The van der Waals surface area contributed by atoms with Gasteiger partial charge in [0.25, 0.3) is 0 Å². The molecule has 0 spiro atoms. The van der Waals surface area contributed by atoms with Crippen LogP contribution in [0.5, 0.6) is 0 Å². The van der Waals surface area contributed by atoms with Gasteiger partial charge in [-0.1, -0.05) is 19.3 Å². The first-order chi connectivity index (χ1) is 8.57. The summed E-state index contributed by atoms with van der Waals surface area (Å²) in [6.45, 7) is 3.02. The van der Waals surface area contributed by atoms with Crippen molar-refractivity contribution >= 4 is 0 Å². The van der Waals surface area contributed by atoms with Gasteiger partial charge in [0.15, 0.2) is 0 Å². The van der Waals surface area contributed by atoms with Crippen LogP contribution < -0.4 is 5.32 Å². The number of halogens is 2. The summed E-state index contributed by atoms with van der Waals surface area (Å²) >= 11 is 0. The van der Waals surface area contributed by atoms with Crippen LogP contribution in [-0.2, 0) is 0 Å². The molecular weight excluding hydrogens is 232 g/mol. The molecule has 3 heteroatoms. The molecule has 0 aliphatic heterocycles. The van der Waals surface area contributed by atoms with Crippen molar-refractivity contribution in [1.82, 2.24) is 5.32 Å². The van der Waals surface area contributed by atoms with Crippen LogP contribution in [-0.4, -0.2) is 18.5 Å². The lowest BCUT2D eigenvalue weighted by molar-refractivity contribution is -0.0524. The van der Waals surface area contributed by atoms with E-state index < -0.39 is 5.92 Å². The van der Waals surface area contributed by atoms with Crippen LogP contribution in [0.4, 0.5) is 8.78 Å². The second kappa shape index (κ2) is 6.31. The molecule has 0 bridgehead atoms. The molecule has 18 heavy (non-hydrogen) atoms. The molecule has 2 saturated carbocycles. The molecular formula is C15H27F2N. The van der Waals surface area contributed by atoms with Crippen LogP contribution in [0, 0.1) is 11.8 Å². The summed E-state index contributed by atoms with van der Waals surface area (Å²) in [6.07, 6.45) is 8.55. The third kappa shape index (κ3) is 4.18. The van der Waals surface area contributed by atoms with Crippen molar-refractivity contribution in [2.24, 2.45) is 11.8 Å². The fourth-order valence-corrected chi connectivity index (χ4v) is 3.60. The van der Waals surface area contributed by atoms with Gasteiger partial charge in [-0.25, -0.2) is 8.78 Å². The second-order valence-corrected chi connectivity index (χ2v) is 6.41. The van der Waals surface area contributed by atoms with Gasteiger partial charge in [0.05, 0.1) is 0 Å². The fraction of sp³-hybridized carbons (Fsp3) is 1.00. The summed E-state index contributed by atoms with van der Waals surface area (Å²) in [5.41, 5.74) is 0. The molecule has 0 radical (unpaired) electrons. The van der Waals surface area contributed by atoms with Crippen LogP contribution in [0.15, 0.2) is 0 Å². The van der Waals surface area contributed by atoms with Gasteiger partial charge in [0.2, 0.25) is 5.92 Å². The van der Waals surface area contributed by atoms with E-state index in [4.69, 9.17) is 0 Å². The number of hydrogen-bond acceptors (Lipinski definition) is 1.